The fraction of sp³-hybridized carbons (Fsp3) is 0. The van der Waals surface area contributed by atoms with E-state index in [-0.39, 0.29) is 11.3 Å². The molecular weight excluding hydrogens is 296 g/mol. The molecule has 3 N–H and O–H groups in total. The first-order chi connectivity index (χ1) is 11.1. The lowest BCUT2D eigenvalue weighted by Crippen LogP contribution is -1.95. The highest BCUT2D eigenvalue weighted by Crippen LogP contribution is 2.22. The number of carbonyl (C=O) groups is 1. The molecule has 3 rings (SSSR count). The van der Waals surface area contributed by atoms with Crippen molar-refractivity contribution in [3.05, 3.63) is 72.8 Å². The number of phenols is 2. The van der Waals surface area contributed by atoms with Crippen molar-refractivity contribution in [1.29, 1.82) is 0 Å². The van der Waals surface area contributed by atoms with Gasteiger partial charge in [-0.2, -0.15) is 0 Å². The van der Waals surface area contributed by atoms with E-state index in [2.05, 4.69) is 9.97 Å². The molecule has 6 nitrogen and oxygen atoms in total. The molecule has 0 spiro atoms. The molecule has 116 valence electrons. The fourth-order valence-electron chi connectivity index (χ4n) is 1.79. The maximum atomic E-state index is 10.3. The van der Waals surface area contributed by atoms with Crippen LogP contribution in [0.5, 0.6) is 11.5 Å². The Hall–Kier alpha value is -3.41. The van der Waals surface area contributed by atoms with Gasteiger partial charge in [0.05, 0.1) is 0 Å². The lowest BCUT2D eigenvalue weighted by atomic mass is 10.1. The van der Waals surface area contributed by atoms with Gasteiger partial charge in [-0.15, -0.1) is 0 Å². The van der Waals surface area contributed by atoms with Gasteiger partial charge in [0.25, 0.3) is 0 Å². The van der Waals surface area contributed by atoms with Crippen molar-refractivity contribution >= 4 is 5.97 Å². The molecule has 0 unspecified atom stereocenters. The largest absolute Gasteiger partial charge is 0.508 e. The third-order valence-corrected chi connectivity index (χ3v) is 2.91. The summed E-state index contributed by atoms with van der Waals surface area (Å²) in [6, 6.07) is 11.2. The fourth-order valence-corrected chi connectivity index (χ4v) is 1.79. The number of aromatic hydroxyl groups is 2. The summed E-state index contributed by atoms with van der Waals surface area (Å²) in [6.45, 7) is 0. The van der Waals surface area contributed by atoms with E-state index in [1.807, 2.05) is 24.3 Å². The highest BCUT2D eigenvalue weighted by Gasteiger charge is 2.08. The van der Waals surface area contributed by atoms with Crippen molar-refractivity contribution in [2.24, 2.45) is 0 Å². The van der Waals surface area contributed by atoms with Crippen molar-refractivity contribution in [3.63, 3.8) is 0 Å². The molecule has 0 atom stereocenters. The van der Waals surface area contributed by atoms with Crippen molar-refractivity contribution in [1.82, 2.24) is 9.97 Å². The van der Waals surface area contributed by atoms with Crippen LogP contribution < -0.4 is 0 Å². The number of aromatic nitrogens is 2. The summed E-state index contributed by atoms with van der Waals surface area (Å²) in [7, 11) is 0. The summed E-state index contributed by atoms with van der Waals surface area (Å²) in [6.07, 6.45) is 7.15. The van der Waals surface area contributed by atoms with Crippen LogP contribution in [0.3, 0.4) is 0 Å². The molecule has 2 heterocycles. The topological polar surface area (TPSA) is 104 Å². The molecule has 0 saturated heterocycles. The molecule has 1 aromatic carbocycles. The predicted molar refractivity (Wildman–Crippen MR) is 84.2 cm³/mol. The second-order valence-electron chi connectivity index (χ2n) is 4.48. The number of nitrogens with zero attached hydrogens (tertiary/aromatic N) is 2. The minimum absolute atomic E-state index is 0.160. The Morgan fingerprint density at radius 3 is 1.65 bits per heavy atom. The van der Waals surface area contributed by atoms with E-state index in [0.29, 0.717) is 0 Å². The first-order valence-corrected chi connectivity index (χ1v) is 6.63. The Balaban J connectivity index is 0.000000168. The number of benzene rings is 1. The van der Waals surface area contributed by atoms with Crippen LogP contribution in [0.15, 0.2) is 67.3 Å². The number of carboxylic acid groups (broad SMARTS) is 1. The molecule has 0 aliphatic carbocycles. The van der Waals surface area contributed by atoms with E-state index in [1.54, 1.807) is 24.8 Å². The monoisotopic (exact) mass is 310 g/mol. The van der Waals surface area contributed by atoms with E-state index in [1.165, 1.54) is 17.2 Å². The lowest BCUT2D eigenvalue weighted by Gasteiger charge is -1.97. The zero-order chi connectivity index (χ0) is 16.7. The zero-order valence-electron chi connectivity index (χ0n) is 12.0. The summed E-state index contributed by atoms with van der Waals surface area (Å²) < 4.78 is 0. The Bertz CT molecular complexity index is 740. The van der Waals surface area contributed by atoms with Crippen molar-refractivity contribution < 1.29 is 20.1 Å². The molecule has 0 saturated carbocycles. The van der Waals surface area contributed by atoms with Gasteiger partial charge in [-0.3, -0.25) is 9.97 Å². The SMILES string of the molecule is O=C(O)c1ccc(O)cc1O.c1cc(-c2ccncc2)ccn1. The number of aromatic carboxylic acids is 1. The smallest absolute Gasteiger partial charge is 0.339 e. The molecule has 3 aromatic rings. The van der Waals surface area contributed by atoms with E-state index in [9.17, 15) is 4.79 Å². The summed E-state index contributed by atoms with van der Waals surface area (Å²) in [5.74, 6) is -1.81. The number of hydrogen-bond acceptors (Lipinski definition) is 5. The van der Waals surface area contributed by atoms with Crippen LogP contribution in [-0.2, 0) is 0 Å². The predicted octanol–water partition coefficient (Wildman–Crippen LogP) is 2.94. The number of hydrogen-bond donors (Lipinski definition) is 3. The van der Waals surface area contributed by atoms with Gasteiger partial charge in [0.2, 0.25) is 0 Å². The number of carboxylic acids is 1. The van der Waals surface area contributed by atoms with Gasteiger partial charge in [-0.05, 0) is 47.5 Å². The molecule has 6 heteroatoms. The molecule has 23 heavy (non-hydrogen) atoms. The molecule has 0 radical (unpaired) electrons. The normalized spacial score (nSPS) is 9.57. The zero-order valence-corrected chi connectivity index (χ0v) is 12.0. The molecule has 0 amide bonds. The Morgan fingerprint density at radius 2 is 1.26 bits per heavy atom. The van der Waals surface area contributed by atoms with Crippen LogP contribution in [-0.4, -0.2) is 31.3 Å². The molecule has 0 aliphatic heterocycles. The van der Waals surface area contributed by atoms with Gasteiger partial charge in [-0.1, -0.05) is 0 Å². The van der Waals surface area contributed by atoms with E-state index < -0.39 is 11.7 Å². The minimum Gasteiger partial charge on any atom is -0.508 e. The van der Waals surface area contributed by atoms with Crippen molar-refractivity contribution in [3.8, 4) is 22.6 Å². The quantitative estimate of drug-likeness (QED) is 0.672. The van der Waals surface area contributed by atoms with Crippen LogP contribution in [0.2, 0.25) is 0 Å². The Kier molecular flexibility index (Phi) is 5.25. The lowest BCUT2D eigenvalue weighted by molar-refractivity contribution is 0.0693. The average molecular weight is 310 g/mol. The third kappa shape index (κ3) is 4.53. The van der Waals surface area contributed by atoms with Crippen LogP contribution in [0.1, 0.15) is 10.4 Å². The number of rotatable bonds is 2. The first kappa shape index (κ1) is 16.0. The average Bonchev–Trinajstić information content (AvgIpc) is 2.57. The van der Waals surface area contributed by atoms with Gasteiger partial charge >= 0.3 is 5.97 Å². The molecule has 0 bridgehead atoms. The van der Waals surface area contributed by atoms with Crippen LogP contribution in [0, 0.1) is 0 Å². The summed E-state index contributed by atoms with van der Waals surface area (Å²) in [4.78, 5) is 18.2. The van der Waals surface area contributed by atoms with E-state index >= 15 is 0 Å². The summed E-state index contributed by atoms with van der Waals surface area (Å²) in [5.41, 5.74) is 2.13. The maximum Gasteiger partial charge on any atom is 0.339 e. The third-order valence-electron chi connectivity index (χ3n) is 2.91. The van der Waals surface area contributed by atoms with Crippen molar-refractivity contribution in [2.75, 3.05) is 0 Å². The van der Waals surface area contributed by atoms with Crippen LogP contribution in [0.4, 0.5) is 0 Å². The molecule has 0 fully saturated rings. The summed E-state index contributed by atoms with van der Waals surface area (Å²) in [5, 5.41) is 26.1. The number of phenolic OH excluding ortho intramolecular Hbond substituents is 1. The minimum atomic E-state index is -1.22. The standard InChI is InChI=1S/C10H8N2.C7H6O4/c1-5-11-6-2-9(1)10-3-7-12-8-4-10;8-4-1-2-5(7(10)11)6(9)3-4/h1-8H;1-3,8-9H,(H,10,11). The second-order valence-corrected chi connectivity index (χ2v) is 4.48. The molecule has 2 aromatic heterocycles. The van der Waals surface area contributed by atoms with E-state index in [0.717, 1.165) is 12.1 Å². The van der Waals surface area contributed by atoms with Crippen LogP contribution in [0.25, 0.3) is 11.1 Å². The van der Waals surface area contributed by atoms with Gasteiger partial charge in [0, 0.05) is 30.9 Å². The Labute approximate surface area is 132 Å². The molecular formula is C17H14N2O4. The first-order valence-electron chi connectivity index (χ1n) is 6.63. The van der Waals surface area contributed by atoms with Crippen molar-refractivity contribution in [2.45, 2.75) is 0 Å². The molecule has 0 aliphatic rings. The highest BCUT2D eigenvalue weighted by molar-refractivity contribution is 5.90. The number of pyridine rings is 2. The summed E-state index contributed by atoms with van der Waals surface area (Å²) >= 11 is 0. The van der Waals surface area contributed by atoms with Gasteiger partial charge in [0.1, 0.15) is 17.1 Å². The second kappa shape index (κ2) is 7.56. The van der Waals surface area contributed by atoms with Gasteiger partial charge < -0.3 is 15.3 Å². The highest BCUT2D eigenvalue weighted by atomic mass is 16.4. The van der Waals surface area contributed by atoms with Gasteiger partial charge in [0.15, 0.2) is 0 Å². The Morgan fingerprint density at radius 1 is 0.783 bits per heavy atom. The van der Waals surface area contributed by atoms with E-state index in [4.69, 9.17) is 15.3 Å². The van der Waals surface area contributed by atoms with Crippen LogP contribution >= 0.6 is 0 Å². The van der Waals surface area contributed by atoms with Gasteiger partial charge in [-0.25, -0.2) is 4.79 Å². The maximum absolute atomic E-state index is 10.3.